The quantitative estimate of drug-likeness (QED) is 0.786. The van der Waals surface area contributed by atoms with Crippen molar-refractivity contribution in [1.29, 1.82) is 5.26 Å². The number of nitrogens with zero attached hydrogens (tertiary/aromatic N) is 1. The highest BCUT2D eigenvalue weighted by Gasteiger charge is 2.13. The largest absolute Gasteiger partial charge is 0.496 e. The zero-order valence-electron chi connectivity index (χ0n) is 13.8. The van der Waals surface area contributed by atoms with Gasteiger partial charge in [-0.1, -0.05) is 18.2 Å². The van der Waals surface area contributed by atoms with E-state index in [2.05, 4.69) is 4.98 Å². The van der Waals surface area contributed by atoms with Gasteiger partial charge in [0.25, 0.3) is 5.56 Å². The van der Waals surface area contributed by atoms with Gasteiger partial charge in [-0.15, -0.1) is 0 Å². The molecule has 0 aliphatic rings. The highest BCUT2D eigenvalue weighted by Crippen LogP contribution is 2.33. The number of aryl methyl sites for hydroxylation is 1. The molecule has 0 radical (unpaired) electrons. The molecule has 4 nitrogen and oxygen atoms in total. The summed E-state index contributed by atoms with van der Waals surface area (Å²) in [5.41, 5.74) is 2.86. The Labute approximate surface area is 144 Å². The number of aromatic nitrogens is 1. The third-order valence-electron chi connectivity index (χ3n) is 3.93. The van der Waals surface area contributed by atoms with Crippen molar-refractivity contribution in [3.63, 3.8) is 0 Å². The first-order chi connectivity index (χ1) is 12.0. The lowest BCUT2D eigenvalue weighted by molar-refractivity contribution is 0.415. The number of hydrogen-bond donors (Lipinski definition) is 1. The first kappa shape index (κ1) is 16.5. The van der Waals surface area contributed by atoms with E-state index in [0.29, 0.717) is 28.1 Å². The van der Waals surface area contributed by atoms with Crippen LogP contribution in [0.15, 0.2) is 53.3 Å². The van der Waals surface area contributed by atoms with Crippen LogP contribution in [-0.4, -0.2) is 12.1 Å². The molecule has 0 aliphatic carbocycles. The molecule has 5 heteroatoms. The van der Waals surface area contributed by atoms with Crippen LogP contribution in [0.4, 0.5) is 4.39 Å². The predicted octanol–water partition coefficient (Wildman–Crippen LogP) is 4.04. The minimum Gasteiger partial charge on any atom is -0.496 e. The molecule has 3 rings (SSSR count). The number of benzene rings is 2. The zero-order chi connectivity index (χ0) is 18.0. The molecule has 0 spiro atoms. The average molecular weight is 334 g/mol. The number of hydrogen-bond acceptors (Lipinski definition) is 3. The molecule has 124 valence electrons. The van der Waals surface area contributed by atoms with Crippen molar-refractivity contribution in [2.75, 3.05) is 7.11 Å². The lowest BCUT2D eigenvalue weighted by atomic mass is 9.96. The van der Waals surface area contributed by atoms with Gasteiger partial charge < -0.3 is 9.72 Å². The highest BCUT2D eigenvalue weighted by atomic mass is 19.1. The van der Waals surface area contributed by atoms with Crippen LogP contribution in [0.2, 0.25) is 0 Å². The third-order valence-corrected chi connectivity index (χ3v) is 3.93. The summed E-state index contributed by atoms with van der Waals surface area (Å²) in [7, 11) is 1.52. The molecule has 1 N–H and O–H groups in total. The fourth-order valence-electron chi connectivity index (χ4n) is 2.79. The van der Waals surface area contributed by atoms with E-state index in [1.165, 1.54) is 19.2 Å². The zero-order valence-corrected chi connectivity index (χ0v) is 13.8. The summed E-state index contributed by atoms with van der Waals surface area (Å²) < 4.78 is 19.0. The second-order valence-electron chi connectivity index (χ2n) is 5.61. The van der Waals surface area contributed by atoms with E-state index in [4.69, 9.17) is 4.74 Å². The molecule has 0 fully saturated rings. The van der Waals surface area contributed by atoms with Gasteiger partial charge in [0.15, 0.2) is 0 Å². The molecule has 3 aromatic rings. The standard InChI is InChI=1S/C20H15FN2O2/c1-12-8-16(18(11-22)20(24)23-12)13-4-3-5-14(9-13)17-10-15(21)6-7-19(17)25-2/h3-10H,1-2H3,(H,23,24). The third kappa shape index (κ3) is 3.15. The van der Waals surface area contributed by atoms with Gasteiger partial charge in [0.05, 0.1) is 7.11 Å². The highest BCUT2D eigenvalue weighted by molar-refractivity contribution is 5.78. The first-order valence-electron chi connectivity index (χ1n) is 7.62. The molecular weight excluding hydrogens is 319 g/mol. The van der Waals surface area contributed by atoms with E-state index >= 15 is 0 Å². The molecule has 0 unspecified atom stereocenters. The maximum atomic E-state index is 13.7. The summed E-state index contributed by atoms with van der Waals surface area (Å²) >= 11 is 0. The Morgan fingerprint density at radius 3 is 2.48 bits per heavy atom. The van der Waals surface area contributed by atoms with Crippen molar-refractivity contribution in [1.82, 2.24) is 4.98 Å². The second kappa shape index (κ2) is 6.62. The van der Waals surface area contributed by atoms with Crippen molar-refractivity contribution in [3.8, 4) is 34.1 Å². The number of nitrogens with one attached hydrogen (secondary N) is 1. The molecule has 1 aromatic heterocycles. The molecule has 1 heterocycles. The number of H-pyrrole nitrogens is 1. The molecular formula is C20H15FN2O2. The summed E-state index contributed by atoms with van der Waals surface area (Å²) in [6.07, 6.45) is 0. The number of halogens is 1. The molecule has 2 aromatic carbocycles. The van der Waals surface area contributed by atoms with Crippen molar-refractivity contribution < 1.29 is 9.13 Å². The number of ether oxygens (including phenoxy) is 1. The monoisotopic (exact) mass is 334 g/mol. The number of methoxy groups -OCH3 is 1. The Kier molecular flexibility index (Phi) is 4.36. The van der Waals surface area contributed by atoms with Crippen LogP contribution in [0.25, 0.3) is 22.3 Å². The number of rotatable bonds is 3. The van der Waals surface area contributed by atoms with E-state index in [1.54, 1.807) is 25.1 Å². The average Bonchev–Trinajstić information content (AvgIpc) is 2.61. The maximum Gasteiger partial charge on any atom is 0.266 e. The first-order valence-corrected chi connectivity index (χ1v) is 7.62. The van der Waals surface area contributed by atoms with Gasteiger partial charge >= 0.3 is 0 Å². The summed E-state index contributed by atoms with van der Waals surface area (Å²) in [5.74, 6) is 0.173. The van der Waals surface area contributed by atoms with Gasteiger partial charge in [-0.05, 0) is 48.4 Å². The van der Waals surface area contributed by atoms with Crippen LogP contribution in [-0.2, 0) is 0 Å². The van der Waals surface area contributed by atoms with Gasteiger partial charge in [0.1, 0.15) is 23.2 Å². The SMILES string of the molecule is COc1ccc(F)cc1-c1cccc(-c2cc(C)[nH]c(=O)c2C#N)c1. The van der Waals surface area contributed by atoms with E-state index in [0.717, 1.165) is 5.56 Å². The maximum absolute atomic E-state index is 13.7. The van der Waals surface area contributed by atoms with Crippen LogP contribution in [0.3, 0.4) is 0 Å². The van der Waals surface area contributed by atoms with Gasteiger partial charge in [-0.3, -0.25) is 4.79 Å². The molecule has 0 bridgehead atoms. The van der Waals surface area contributed by atoms with E-state index in [9.17, 15) is 14.4 Å². The fourth-order valence-corrected chi connectivity index (χ4v) is 2.79. The molecule has 0 aliphatic heterocycles. The van der Waals surface area contributed by atoms with Crippen molar-refractivity contribution in [2.24, 2.45) is 0 Å². The molecule has 0 amide bonds. The van der Waals surface area contributed by atoms with Crippen molar-refractivity contribution in [3.05, 3.63) is 76.0 Å². The summed E-state index contributed by atoms with van der Waals surface area (Å²) in [5, 5.41) is 9.32. The predicted molar refractivity (Wildman–Crippen MR) is 93.9 cm³/mol. The Hall–Kier alpha value is -3.39. The lowest BCUT2D eigenvalue weighted by Gasteiger charge is -2.11. The van der Waals surface area contributed by atoms with Gasteiger partial charge in [-0.25, -0.2) is 4.39 Å². The van der Waals surface area contributed by atoms with Crippen LogP contribution >= 0.6 is 0 Å². The Morgan fingerprint density at radius 2 is 1.80 bits per heavy atom. The Bertz CT molecular complexity index is 1050. The summed E-state index contributed by atoms with van der Waals surface area (Å²) in [6, 6.07) is 15.2. The van der Waals surface area contributed by atoms with Gasteiger partial charge in [0, 0.05) is 16.8 Å². The van der Waals surface area contributed by atoms with E-state index in [-0.39, 0.29) is 11.4 Å². The molecule has 0 atom stereocenters. The molecule has 25 heavy (non-hydrogen) atoms. The van der Waals surface area contributed by atoms with E-state index in [1.807, 2.05) is 24.3 Å². The molecule has 0 saturated heterocycles. The fraction of sp³-hybridized carbons (Fsp3) is 0.100. The van der Waals surface area contributed by atoms with Crippen LogP contribution in [0, 0.1) is 24.1 Å². The van der Waals surface area contributed by atoms with Crippen LogP contribution in [0.5, 0.6) is 5.75 Å². The minimum atomic E-state index is -0.425. The minimum absolute atomic E-state index is 0.0500. The van der Waals surface area contributed by atoms with E-state index < -0.39 is 5.56 Å². The number of aromatic amines is 1. The van der Waals surface area contributed by atoms with Gasteiger partial charge in [-0.2, -0.15) is 5.26 Å². The second-order valence-corrected chi connectivity index (χ2v) is 5.61. The van der Waals surface area contributed by atoms with Crippen LogP contribution in [0.1, 0.15) is 11.3 Å². The Balaban J connectivity index is 2.22. The number of nitriles is 1. The molecule has 0 saturated carbocycles. The van der Waals surface area contributed by atoms with Crippen molar-refractivity contribution in [2.45, 2.75) is 6.92 Å². The topological polar surface area (TPSA) is 65.9 Å². The normalized spacial score (nSPS) is 10.3. The lowest BCUT2D eigenvalue weighted by Crippen LogP contribution is -2.12. The van der Waals surface area contributed by atoms with Crippen LogP contribution < -0.4 is 10.3 Å². The summed E-state index contributed by atoms with van der Waals surface area (Å²) in [4.78, 5) is 14.6. The Morgan fingerprint density at radius 1 is 1.08 bits per heavy atom. The smallest absolute Gasteiger partial charge is 0.266 e. The van der Waals surface area contributed by atoms with Crippen molar-refractivity contribution >= 4 is 0 Å². The number of pyridine rings is 1. The summed E-state index contributed by atoms with van der Waals surface area (Å²) in [6.45, 7) is 1.76. The van der Waals surface area contributed by atoms with Gasteiger partial charge in [0.2, 0.25) is 0 Å².